The number of rotatable bonds is 8. The van der Waals surface area contributed by atoms with E-state index in [0.29, 0.717) is 10.4 Å². The molecule has 0 spiro atoms. The summed E-state index contributed by atoms with van der Waals surface area (Å²) < 4.78 is 25.1. The van der Waals surface area contributed by atoms with Gasteiger partial charge in [-0.1, -0.05) is 39.7 Å². The van der Waals surface area contributed by atoms with Gasteiger partial charge in [0.1, 0.15) is 0 Å². The van der Waals surface area contributed by atoms with Gasteiger partial charge in [0, 0.05) is 20.4 Å². The summed E-state index contributed by atoms with van der Waals surface area (Å²) in [7, 11) is -4.66. The summed E-state index contributed by atoms with van der Waals surface area (Å²) >= 11 is 10.8. The molecule has 2 atom stereocenters. The molecular formula is C24H24BrClNO6PS. The van der Waals surface area contributed by atoms with Crippen molar-refractivity contribution in [2.24, 2.45) is 5.41 Å². The standard InChI is InChI=1S/C24H24BrClNO6PS/c1-24(2,3)23(29)32-14-33-34(30,31)21(19-13-35-20-8-7-17(26)12-18(19)20)22(28)27-10-9-15-5-4-6-16(25)11-15/h4-13,21H,14H2,1-3H3,(H,27,28)(H,30,31). The Morgan fingerprint density at radius 2 is 2.00 bits per heavy atom. The third-order valence-electron chi connectivity index (χ3n) is 4.82. The van der Waals surface area contributed by atoms with Crippen molar-refractivity contribution in [3.05, 3.63) is 74.7 Å². The highest BCUT2D eigenvalue weighted by Gasteiger charge is 2.42. The van der Waals surface area contributed by atoms with Crippen LogP contribution in [0.1, 0.15) is 37.6 Å². The van der Waals surface area contributed by atoms with Crippen LogP contribution in [-0.2, 0) is 23.4 Å². The summed E-state index contributed by atoms with van der Waals surface area (Å²) in [6.07, 6.45) is 3.04. The molecule has 0 saturated heterocycles. The van der Waals surface area contributed by atoms with Crippen molar-refractivity contribution in [2.45, 2.75) is 26.4 Å². The lowest BCUT2D eigenvalue weighted by atomic mass is 9.98. The Balaban J connectivity index is 1.89. The molecule has 2 unspecified atom stereocenters. The number of benzene rings is 2. The Morgan fingerprint density at radius 3 is 2.69 bits per heavy atom. The van der Waals surface area contributed by atoms with Gasteiger partial charge >= 0.3 is 13.6 Å². The van der Waals surface area contributed by atoms with Crippen LogP contribution in [0.3, 0.4) is 0 Å². The van der Waals surface area contributed by atoms with Gasteiger partial charge in [-0.2, -0.15) is 0 Å². The minimum absolute atomic E-state index is 0.286. The van der Waals surface area contributed by atoms with Crippen molar-refractivity contribution < 1.29 is 28.3 Å². The molecule has 11 heteroatoms. The molecule has 2 aromatic carbocycles. The lowest BCUT2D eigenvalue weighted by molar-refractivity contribution is -0.159. The van der Waals surface area contributed by atoms with Crippen LogP contribution < -0.4 is 5.32 Å². The fourth-order valence-electron chi connectivity index (χ4n) is 3.05. The Morgan fingerprint density at radius 1 is 1.26 bits per heavy atom. The van der Waals surface area contributed by atoms with Crippen molar-refractivity contribution in [3.8, 4) is 0 Å². The number of fused-ring (bicyclic) bond motifs is 1. The molecule has 1 aromatic heterocycles. The van der Waals surface area contributed by atoms with Gasteiger partial charge in [-0.15, -0.1) is 11.3 Å². The quantitative estimate of drug-likeness (QED) is 0.166. The topological polar surface area (TPSA) is 102 Å². The molecule has 186 valence electrons. The minimum atomic E-state index is -4.66. The molecule has 0 aliphatic rings. The fourth-order valence-corrected chi connectivity index (χ4v) is 6.00. The first kappa shape index (κ1) is 27.6. The van der Waals surface area contributed by atoms with Crippen LogP contribution in [0.15, 0.2) is 58.5 Å². The predicted molar refractivity (Wildman–Crippen MR) is 142 cm³/mol. The van der Waals surface area contributed by atoms with E-state index in [4.69, 9.17) is 20.9 Å². The Labute approximate surface area is 220 Å². The lowest BCUT2D eigenvalue weighted by Gasteiger charge is -2.22. The van der Waals surface area contributed by atoms with E-state index in [2.05, 4.69) is 21.2 Å². The maximum Gasteiger partial charge on any atom is 0.347 e. The number of thiophene rings is 1. The van der Waals surface area contributed by atoms with Crippen LogP contribution in [0.2, 0.25) is 5.02 Å². The molecule has 35 heavy (non-hydrogen) atoms. The molecule has 2 N–H and O–H groups in total. The Hall–Kier alpha value is -2.00. The van der Waals surface area contributed by atoms with Crippen LogP contribution in [0.25, 0.3) is 16.2 Å². The van der Waals surface area contributed by atoms with Gasteiger partial charge in [-0.25, -0.2) is 0 Å². The number of hydrogen-bond donors (Lipinski definition) is 2. The normalized spacial score (nSPS) is 14.6. The van der Waals surface area contributed by atoms with Crippen LogP contribution in [0.5, 0.6) is 0 Å². The number of carbonyl (C=O) groups is 2. The first-order valence-corrected chi connectivity index (χ1v) is 14.1. The first-order chi connectivity index (χ1) is 16.4. The van der Waals surface area contributed by atoms with E-state index >= 15 is 0 Å². The second-order valence-electron chi connectivity index (χ2n) is 8.62. The minimum Gasteiger partial charge on any atom is -0.438 e. The number of nitrogens with one attached hydrogen (secondary N) is 1. The average molecular weight is 601 g/mol. The second kappa shape index (κ2) is 11.4. The van der Waals surface area contributed by atoms with E-state index in [9.17, 15) is 19.0 Å². The highest BCUT2D eigenvalue weighted by Crippen LogP contribution is 2.58. The molecule has 0 aliphatic heterocycles. The zero-order valence-corrected chi connectivity index (χ0v) is 23.2. The number of carbonyl (C=O) groups excluding carboxylic acids is 2. The molecule has 1 heterocycles. The summed E-state index contributed by atoms with van der Waals surface area (Å²) in [6.45, 7) is 4.15. The molecule has 0 radical (unpaired) electrons. The third-order valence-corrected chi connectivity index (χ3v) is 8.18. The van der Waals surface area contributed by atoms with Crippen molar-refractivity contribution in [3.63, 3.8) is 0 Å². The molecule has 3 rings (SSSR count). The van der Waals surface area contributed by atoms with Gasteiger partial charge in [0.15, 0.2) is 5.66 Å². The molecule has 0 bridgehead atoms. The van der Waals surface area contributed by atoms with Crippen LogP contribution in [0.4, 0.5) is 0 Å². The zero-order valence-electron chi connectivity index (χ0n) is 19.2. The van der Waals surface area contributed by atoms with Gasteiger partial charge in [-0.05, 0) is 79.1 Å². The summed E-state index contributed by atoms with van der Waals surface area (Å²) in [5.41, 5.74) is -1.32. The van der Waals surface area contributed by atoms with E-state index in [1.807, 2.05) is 24.3 Å². The summed E-state index contributed by atoms with van der Waals surface area (Å²) in [4.78, 5) is 36.1. The van der Waals surface area contributed by atoms with Gasteiger partial charge in [-0.3, -0.25) is 18.7 Å². The Kier molecular flexibility index (Phi) is 8.96. The fraction of sp³-hybridized carbons (Fsp3) is 0.250. The van der Waals surface area contributed by atoms with Crippen molar-refractivity contribution in [1.82, 2.24) is 5.32 Å². The monoisotopic (exact) mass is 599 g/mol. The number of amides is 1. The van der Waals surface area contributed by atoms with Crippen LogP contribution >= 0.6 is 46.5 Å². The van der Waals surface area contributed by atoms with Crippen molar-refractivity contribution >= 4 is 74.5 Å². The van der Waals surface area contributed by atoms with Crippen LogP contribution in [0, 0.1) is 5.41 Å². The SMILES string of the molecule is CC(C)(C)C(=O)OCOP(=O)(O)C(C(=O)NC=Cc1cccc(Br)c1)c1csc2ccc(Cl)cc12. The van der Waals surface area contributed by atoms with Gasteiger partial charge < -0.3 is 14.9 Å². The first-order valence-electron chi connectivity index (χ1n) is 10.4. The van der Waals surface area contributed by atoms with E-state index in [1.54, 1.807) is 50.4 Å². The van der Waals surface area contributed by atoms with E-state index in [-0.39, 0.29) is 5.56 Å². The highest BCUT2D eigenvalue weighted by atomic mass is 79.9. The van der Waals surface area contributed by atoms with Gasteiger partial charge in [0.05, 0.1) is 5.41 Å². The number of esters is 1. The van der Waals surface area contributed by atoms with Crippen molar-refractivity contribution in [1.29, 1.82) is 0 Å². The molecule has 7 nitrogen and oxygen atoms in total. The number of hydrogen-bond acceptors (Lipinski definition) is 6. The summed E-state index contributed by atoms with van der Waals surface area (Å²) in [5, 5.41) is 5.16. The van der Waals surface area contributed by atoms with Crippen LogP contribution in [-0.4, -0.2) is 23.6 Å². The number of ether oxygens (including phenoxy) is 1. The van der Waals surface area contributed by atoms with Gasteiger partial charge in [0.2, 0.25) is 12.7 Å². The smallest absolute Gasteiger partial charge is 0.347 e. The molecule has 0 saturated carbocycles. The maximum absolute atomic E-state index is 13.3. The van der Waals surface area contributed by atoms with Gasteiger partial charge in [0.25, 0.3) is 0 Å². The second-order valence-corrected chi connectivity index (χ2v) is 12.8. The Bertz CT molecular complexity index is 1320. The van der Waals surface area contributed by atoms with E-state index in [0.717, 1.165) is 14.7 Å². The maximum atomic E-state index is 13.3. The average Bonchev–Trinajstić information content (AvgIpc) is 3.15. The predicted octanol–water partition coefficient (Wildman–Crippen LogP) is 6.89. The summed E-state index contributed by atoms with van der Waals surface area (Å²) in [6, 6.07) is 12.5. The zero-order chi connectivity index (χ0) is 25.8. The van der Waals surface area contributed by atoms with E-state index < -0.39 is 37.3 Å². The third kappa shape index (κ3) is 7.26. The molecule has 0 fully saturated rings. The molecule has 0 aliphatic carbocycles. The van der Waals surface area contributed by atoms with Crippen molar-refractivity contribution in [2.75, 3.05) is 6.79 Å². The highest BCUT2D eigenvalue weighted by molar-refractivity contribution is 9.10. The summed E-state index contributed by atoms with van der Waals surface area (Å²) in [5.74, 6) is -1.37. The number of halogens is 2. The van der Waals surface area contributed by atoms with E-state index in [1.165, 1.54) is 17.5 Å². The molecule has 3 aromatic rings. The molecular weight excluding hydrogens is 577 g/mol. The lowest BCUT2D eigenvalue weighted by Crippen LogP contribution is -2.27. The molecule has 1 amide bonds. The largest absolute Gasteiger partial charge is 0.438 e.